The zero-order valence-corrected chi connectivity index (χ0v) is 16.4. The van der Waals surface area contributed by atoms with Crippen molar-refractivity contribution >= 4 is 11.7 Å². The smallest absolute Gasteiger partial charge is 0.251 e. The van der Waals surface area contributed by atoms with Gasteiger partial charge < -0.3 is 25.2 Å². The maximum absolute atomic E-state index is 12.7. The number of amides is 1. The van der Waals surface area contributed by atoms with Crippen LogP contribution < -0.4 is 10.2 Å². The van der Waals surface area contributed by atoms with Gasteiger partial charge in [0.15, 0.2) is 0 Å². The summed E-state index contributed by atoms with van der Waals surface area (Å²) in [6, 6.07) is 11.6. The maximum Gasteiger partial charge on any atom is 0.251 e. The Morgan fingerprint density at radius 1 is 1.23 bits per heavy atom. The summed E-state index contributed by atoms with van der Waals surface area (Å²) in [5, 5.41) is 32.6. The minimum Gasteiger partial charge on any atom is -0.390 e. The summed E-state index contributed by atoms with van der Waals surface area (Å²) >= 11 is 0. The Bertz CT molecular complexity index is 937. The summed E-state index contributed by atoms with van der Waals surface area (Å²) in [6.45, 7) is 2.92. The molecule has 1 aromatic carbocycles. The standard InChI is InChI=1S/C22H24N4O4/c23-12-14-2-1-3-15(10-14)22(29)25-20-17(11-18(27)21(20)28)16-4-5-19(24-13-16)26-6-8-30-9-7-26/h1-5,10,13,17-18,20-21,27-28H,6-9,11H2,(H,25,29). The normalized spacial score (nSPS) is 26.2. The molecule has 0 spiro atoms. The number of pyridine rings is 1. The van der Waals surface area contributed by atoms with Crippen molar-refractivity contribution < 1.29 is 19.7 Å². The molecule has 1 amide bonds. The lowest BCUT2D eigenvalue weighted by molar-refractivity contribution is 0.0294. The van der Waals surface area contributed by atoms with Crippen LogP contribution in [0.25, 0.3) is 0 Å². The Kier molecular flexibility index (Phi) is 5.95. The molecule has 4 atom stereocenters. The van der Waals surface area contributed by atoms with Crippen molar-refractivity contribution in [3.05, 3.63) is 59.3 Å². The van der Waals surface area contributed by atoms with Gasteiger partial charge in [0.2, 0.25) is 0 Å². The first-order valence-electron chi connectivity index (χ1n) is 10.0. The third-order valence-electron chi connectivity index (χ3n) is 5.78. The highest BCUT2D eigenvalue weighted by Gasteiger charge is 2.43. The van der Waals surface area contributed by atoms with E-state index in [9.17, 15) is 15.0 Å². The molecule has 1 aliphatic heterocycles. The van der Waals surface area contributed by atoms with E-state index in [4.69, 9.17) is 10.00 Å². The van der Waals surface area contributed by atoms with Crippen molar-refractivity contribution in [1.29, 1.82) is 5.26 Å². The zero-order valence-electron chi connectivity index (χ0n) is 16.4. The summed E-state index contributed by atoms with van der Waals surface area (Å²) < 4.78 is 5.37. The number of aromatic nitrogens is 1. The molecule has 1 saturated heterocycles. The second-order valence-electron chi connectivity index (χ2n) is 7.64. The molecular formula is C22H24N4O4. The largest absolute Gasteiger partial charge is 0.390 e. The predicted octanol–water partition coefficient (Wildman–Crippen LogP) is 0.798. The van der Waals surface area contributed by atoms with Gasteiger partial charge in [0, 0.05) is 30.8 Å². The van der Waals surface area contributed by atoms with Gasteiger partial charge in [-0.2, -0.15) is 5.26 Å². The highest BCUT2D eigenvalue weighted by molar-refractivity contribution is 5.94. The molecule has 1 aromatic heterocycles. The number of anilines is 1. The van der Waals surface area contributed by atoms with Gasteiger partial charge in [-0.05, 0) is 36.2 Å². The number of nitrogens with one attached hydrogen (secondary N) is 1. The number of hydrogen-bond acceptors (Lipinski definition) is 7. The van der Waals surface area contributed by atoms with Gasteiger partial charge in [-0.25, -0.2) is 4.98 Å². The number of aliphatic hydroxyl groups excluding tert-OH is 2. The van der Waals surface area contributed by atoms with E-state index in [-0.39, 0.29) is 5.92 Å². The van der Waals surface area contributed by atoms with Crippen molar-refractivity contribution in [3.63, 3.8) is 0 Å². The molecule has 3 N–H and O–H groups in total. The van der Waals surface area contributed by atoms with E-state index in [1.165, 1.54) is 6.07 Å². The molecule has 1 aliphatic carbocycles. The Morgan fingerprint density at radius 3 is 2.73 bits per heavy atom. The lowest BCUT2D eigenvalue weighted by Crippen LogP contribution is -2.45. The third-order valence-corrected chi connectivity index (χ3v) is 5.78. The molecule has 8 heteroatoms. The molecule has 1 saturated carbocycles. The van der Waals surface area contributed by atoms with E-state index in [1.807, 2.05) is 18.2 Å². The summed E-state index contributed by atoms with van der Waals surface area (Å²) in [5.41, 5.74) is 1.56. The minimum atomic E-state index is -1.09. The number of hydrogen-bond donors (Lipinski definition) is 3. The average molecular weight is 408 g/mol. The SMILES string of the molecule is N#Cc1cccc(C(=O)NC2C(c3ccc(N4CCOCC4)nc3)CC(O)C2O)c1. The van der Waals surface area contributed by atoms with E-state index >= 15 is 0 Å². The molecule has 4 rings (SSSR count). The van der Waals surface area contributed by atoms with E-state index in [0.717, 1.165) is 24.5 Å². The van der Waals surface area contributed by atoms with Gasteiger partial charge in [0.1, 0.15) is 11.9 Å². The van der Waals surface area contributed by atoms with Crippen LogP contribution in [-0.2, 0) is 4.74 Å². The van der Waals surface area contributed by atoms with Crippen LogP contribution in [0.15, 0.2) is 42.6 Å². The molecule has 2 heterocycles. The monoisotopic (exact) mass is 408 g/mol. The highest BCUT2D eigenvalue weighted by atomic mass is 16.5. The maximum atomic E-state index is 12.7. The van der Waals surface area contributed by atoms with Crippen molar-refractivity contribution in [2.45, 2.75) is 30.6 Å². The second kappa shape index (κ2) is 8.79. The number of nitrogens with zero attached hydrogens (tertiary/aromatic N) is 3. The average Bonchev–Trinajstić information content (AvgIpc) is 3.08. The van der Waals surface area contributed by atoms with Gasteiger partial charge >= 0.3 is 0 Å². The van der Waals surface area contributed by atoms with Crippen LogP contribution in [0.4, 0.5) is 5.82 Å². The first kappa shape index (κ1) is 20.3. The molecule has 2 aromatic rings. The van der Waals surface area contributed by atoms with Crippen molar-refractivity contribution in [1.82, 2.24) is 10.3 Å². The quantitative estimate of drug-likeness (QED) is 0.685. The Hall–Kier alpha value is -2.99. The van der Waals surface area contributed by atoms with E-state index < -0.39 is 24.2 Å². The van der Waals surface area contributed by atoms with Gasteiger partial charge in [-0.3, -0.25) is 4.79 Å². The number of nitriles is 1. The van der Waals surface area contributed by atoms with Crippen LogP contribution in [0.1, 0.15) is 33.8 Å². The van der Waals surface area contributed by atoms with Crippen LogP contribution in [0.2, 0.25) is 0 Å². The predicted molar refractivity (Wildman–Crippen MR) is 109 cm³/mol. The fraction of sp³-hybridized carbons (Fsp3) is 0.409. The molecule has 4 unspecified atom stereocenters. The van der Waals surface area contributed by atoms with E-state index in [0.29, 0.717) is 30.8 Å². The number of carbonyl (C=O) groups is 1. The van der Waals surface area contributed by atoms with Crippen molar-refractivity contribution in [2.75, 3.05) is 31.2 Å². The fourth-order valence-electron chi connectivity index (χ4n) is 4.11. The van der Waals surface area contributed by atoms with E-state index in [1.54, 1.807) is 24.4 Å². The van der Waals surface area contributed by atoms with Crippen molar-refractivity contribution in [3.8, 4) is 6.07 Å². The third kappa shape index (κ3) is 4.14. The van der Waals surface area contributed by atoms with E-state index in [2.05, 4.69) is 15.2 Å². The molecule has 2 fully saturated rings. The van der Waals surface area contributed by atoms with Crippen LogP contribution in [0.5, 0.6) is 0 Å². The Labute approximate surface area is 174 Å². The van der Waals surface area contributed by atoms with Crippen LogP contribution in [0.3, 0.4) is 0 Å². The lowest BCUT2D eigenvalue weighted by Gasteiger charge is -2.28. The highest BCUT2D eigenvalue weighted by Crippen LogP contribution is 2.35. The first-order valence-corrected chi connectivity index (χ1v) is 10.0. The van der Waals surface area contributed by atoms with Gasteiger partial charge in [0.05, 0.1) is 37.0 Å². The molecule has 30 heavy (non-hydrogen) atoms. The number of carbonyl (C=O) groups excluding carboxylic acids is 1. The summed E-state index contributed by atoms with van der Waals surface area (Å²) in [4.78, 5) is 19.4. The van der Waals surface area contributed by atoms with Crippen LogP contribution >= 0.6 is 0 Å². The topological polar surface area (TPSA) is 119 Å². The summed E-state index contributed by atoms with van der Waals surface area (Å²) in [7, 11) is 0. The molecule has 156 valence electrons. The van der Waals surface area contributed by atoms with Crippen molar-refractivity contribution in [2.24, 2.45) is 0 Å². The van der Waals surface area contributed by atoms with Gasteiger partial charge in [-0.1, -0.05) is 12.1 Å². The van der Waals surface area contributed by atoms with Gasteiger partial charge in [-0.15, -0.1) is 0 Å². The first-order chi connectivity index (χ1) is 14.6. The Balaban J connectivity index is 1.51. The van der Waals surface area contributed by atoms with Crippen LogP contribution in [-0.4, -0.2) is 65.7 Å². The molecule has 8 nitrogen and oxygen atoms in total. The molecular weight excluding hydrogens is 384 g/mol. The number of benzene rings is 1. The fourth-order valence-corrected chi connectivity index (χ4v) is 4.11. The number of morpholine rings is 1. The summed E-state index contributed by atoms with van der Waals surface area (Å²) in [6.07, 6.45) is 0.0418. The molecule has 0 radical (unpaired) electrons. The molecule has 0 bridgehead atoms. The number of rotatable bonds is 4. The summed E-state index contributed by atoms with van der Waals surface area (Å²) in [5.74, 6) is 0.188. The number of aliphatic hydroxyl groups is 2. The Morgan fingerprint density at radius 2 is 2.03 bits per heavy atom. The molecule has 2 aliphatic rings. The minimum absolute atomic E-state index is 0.274. The second-order valence-corrected chi connectivity index (χ2v) is 7.64. The van der Waals surface area contributed by atoms with Gasteiger partial charge in [0.25, 0.3) is 5.91 Å². The zero-order chi connectivity index (χ0) is 21.1. The number of ether oxygens (including phenoxy) is 1. The lowest BCUT2D eigenvalue weighted by atomic mass is 9.94. The van der Waals surface area contributed by atoms with Crippen LogP contribution in [0, 0.1) is 11.3 Å².